The van der Waals surface area contributed by atoms with E-state index in [1.165, 1.54) is 36.9 Å². The van der Waals surface area contributed by atoms with Gasteiger partial charge in [0.25, 0.3) is 0 Å². The maximum Gasteiger partial charge on any atom is 0.310 e. The zero-order chi connectivity index (χ0) is 55.4. The number of amides is 6. The fraction of sp³-hybridized carbons (Fsp3) is 0.582. The molecular weight excluding hydrogens is 965 g/mol. The number of phenolic OH excluding ortho intramolecular Hbond substituents is 1. The number of fused-ring (bicyclic) bond motifs is 3. The number of benzene rings is 2. The molecule has 5 N–H and O–H groups in total. The number of epoxide rings is 1. The topological polar surface area (TPSA) is 266 Å². The molecule has 3 aliphatic heterocycles. The number of likely N-dealkylation sites (N-methyl/N-ethyl adjacent to an activating group) is 2. The Morgan fingerprint density at radius 3 is 2.07 bits per heavy atom. The number of aliphatic hydroxyl groups is 1. The predicted octanol–water partition coefficient (Wildman–Crippen LogP) is 4.51. The number of nitrogens with zero attached hydrogens (tertiary/aromatic N) is 5. The molecule has 0 unspecified atom stereocenters. The lowest BCUT2D eigenvalue weighted by atomic mass is 9.88. The lowest BCUT2D eigenvalue weighted by Gasteiger charge is -2.46. The number of aromatic nitrogens is 1. The van der Waals surface area contributed by atoms with Crippen molar-refractivity contribution in [3.8, 4) is 5.75 Å². The number of aromatic hydroxyl groups is 1. The number of hydrogen-bond donors (Lipinski definition) is 5. The number of carbonyl (C=O) groups excluding carboxylic acids is 7. The average Bonchev–Trinajstić information content (AvgIpc) is 4.16. The summed E-state index contributed by atoms with van der Waals surface area (Å²) >= 11 is 0. The number of rotatable bonds is 13. The number of hydrogen-bond acceptors (Lipinski definition) is 12. The Hall–Kier alpha value is -6.67. The van der Waals surface area contributed by atoms with Crippen LogP contribution in [0.1, 0.15) is 106 Å². The molecule has 2 bridgehead atoms. The van der Waals surface area contributed by atoms with E-state index in [1.807, 2.05) is 58.2 Å². The van der Waals surface area contributed by atoms with Crippen molar-refractivity contribution in [2.75, 3.05) is 20.7 Å². The largest absolute Gasteiger partial charge is 0.502 e. The lowest BCUT2D eigenvalue weighted by molar-refractivity contribution is -0.385. The number of para-hydroxylation sites is 1. The van der Waals surface area contributed by atoms with Gasteiger partial charge in [-0.05, 0) is 88.0 Å². The van der Waals surface area contributed by atoms with E-state index in [1.54, 1.807) is 26.0 Å². The summed E-state index contributed by atoms with van der Waals surface area (Å²) in [5.74, 6) is -7.62. The minimum atomic E-state index is -1.45. The number of Topliss-reactive ketones (excluding diaryl/α,β-unsaturated/α-hetero) is 1. The third-order valence-corrected chi connectivity index (χ3v) is 15.0. The number of ketones is 1. The van der Waals surface area contributed by atoms with Gasteiger partial charge >= 0.3 is 5.69 Å². The Morgan fingerprint density at radius 1 is 0.827 bits per heavy atom. The molecule has 3 aliphatic rings. The van der Waals surface area contributed by atoms with E-state index >= 15 is 4.79 Å². The first kappa shape index (κ1) is 57.6. The second-order valence-corrected chi connectivity index (χ2v) is 22.1. The number of allylic oxidation sites excluding steroid dienone is 1. The lowest BCUT2D eigenvalue weighted by Crippen LogP contribution is -2.66. The van der Waals surface area contributed by atoms with Crippen molar-refractivity contribution < 1.29 is 53.4 Å². The standard InChI is InChI=1S/C55H76N8O12/c1-12-13-17-37-48(66)58-39(27-35-28-61(55(8,9)47-29-75-47)40-18-15-14-16-36(35)40)53(71)59(10)42(21-30(2)3)49(67)57-38(25-34-19-20-45(64)41(26-34)63(73)74)46(65)24-33(7)51(69)60(11)44-23-32(6)52(70)62(54(44)72)43(22-31(4)5)50(68)56-37/h12-16,18-20,26,28,30-33,37-39,42-44,47,52,64,70H,17,21-25,27,29H2,1-11H3,(H,56,68)(H,57,67)(H,58,66)/b13-12+/t32-,33-,37+,38+,39+,42+,43+,44+,47-,52-/m1/s1. The third kappa shape index (κ3) is 13.1. The van der Waals surface area contributed by atoms with Crippen LogP contribution < -0.4 is 16.0 Å². The molecule has 3 fully saturated rings. The van der Waals surface area contributed by atoms with Crippen LogP contribution in [0.2, 0.25) is 0 Å². The molecule has 1 aromatic heterocycles. The Bertz CT molecular complexity index is 2680. The van der Waals surface area contributed by atoms with Gasteiger partial charge in [0.1, 0.15) is 42.5 Å². The van der Waals surface area contributed by atoms with Gasteiger partial charge in [-0.25, -0.2) is 0 Å². The summed E-state index contributed by atoms with van der Waals surface area (Å²) in [4.78, 5) is 118. The van der Waals surface area contributed by atoms with Crippen molar-refractivity contribution >= 4 is 57.8 Å². The van der Waals surface area contributed by atoms with Gasteiger partial charge in [-0.1, -0.05) is 78.0 Å². The first-order valence-corrected chi connectivity index (χ1v) is 26.0. The van der Waals surface area contributed by atoms with Gasteiger partial charge < -0.3 is 50.2 Å². The fourth-order valence-corrected chi connectivity index (χ4v) is 10.5. The minimum absolute atomic E-state index is 0.0186. The van der Waals surface area contributed by atoms with Gasteiger partial charge in [0.05, 0.1) is 23.1 Å². The van der Waals surface area contributed by atoms with Gasteiger partial charge in [-0.15, -0.1) is 0 Å². The third-order valence-electron chi connectivity index (χ3n) is 15.0. The molecule has 0 aliphatic carbocycles. The molecule has 10 atom stereocenters. The highest BCUT2D eigenvalue weighted by molar-refractivity contribution is 5.99. The summed E-state index contributed by atoms with van der Waals surface area (Å²) in [5, 5.41) is 43.3. The number of nitro groups is 1. The number of ether oxygens (including phenoxy) is 1. The summed E-state index contributed by atoms with van der Waals surface area (Å²) in [6.45, 7) is 17.0. The van der Waals surface area contributed by atoms with E-state index in [9.17, 15) is 49.1 Å². The molecule has 4 heterocycles. The van der Waals surface area contributed by atoms with E-state index in [-0.39, 0.29) is 62.0 Å². The van der Waals surface area contributed by atoms with Crippen LogP contribution in [0.5, 0.6) is 5.75 Å². The molecule has 3 aromatic rings. The Labute approximate surface area is 438 Å². The highest BCUT2D eigenvalue weighted by Gasteiger charge is 2.48. The van der Waals surface area contributed by atoms with E-state index in [4.69, 9.17) is 4.74 Å². The second-order valence-electron chi connectivity index (χ2n) is 22.1. The molecule has 20 nitrogen and oxygen atoms in total. The van der Waals surface area contributed by atoms with Gasteiger partial charge in [-0.3, -0.25) is 43.7 Å². The average molecular weight is 1040 g/mol. The van der Waals surface area contributed by atoms with E-state index in [0.717, 1.165) is 27.9 Å². The molecule has 408 valence electrons. The Kier molecular flexibility index (Phi) is 18.4. The maximum atomic E-state index is 15.4. The van der Waals surface area contributed by atoms with Crippen molar-refractivity contribution in [3.63, 3.8) is 0 Å². The molecule has 6 rings (SSSR count). The van der Waals surface area contributed by atoms with E-state index in [0.29, 0.717) is 12.2 Å². The van der Waals surface area contributed by atoms with Crippen LogP contribution in [0.4, 0.5) is 5.69 Å². The number of nitrogens with one attached hydrogen (secondary N) is 3. The van der Waals surface area contributed by atoms with Crippen molar-refractivity contribution in [3.05, 3.63) is 82.1 Å². The summed E-state index contributed by atoms with van der Waals surface area (Å²) in [6.07, 6.45) is 3.08. The van der Waals surface area contributed by atoms with Crippen LogP contribution in [0.25, 0.3) is 10.9 Å². The molecule has 75 heavy (non-hydrogen) atoms. The monoisotopic (exact) mass is 1040 g/mol. The van der Waals surface area contributed by atoms with Gasteiger partial charge in [0.15, 0.2) is 11.5 Å². The van der Waals surface area contributed by atoms with Crippen LogP contribution >= 0.6 is 0 Å². The smallest absolute Gasteiger partial charge is 0.310 e. The maximum absolute atomic E-state index is 15.4. The van der Waals surface area contributed by atoms with Crippen LogP contribution in [-0.2, 0) is 56.7 Å². The van der Waals surface area contributed by atoms with Crippen molar-refractivity contribution in [1.29, 1.82) is 0 Å². The van der Waals surface area contributed by atoms with E-state index < -0.39 is 124 Å². The quantitative estimate of drug-likeness (QED) is 0.0686. The first-order valence-electron chi connectivity index (χ1n) is 26.0. The predicted molar refractivity (Wildman–Crippen MR) is 280 cm³/mol. The zero-order valence-electron chi connectivity index (χ0n) is 45.1. The van der Waals surface area contributed by atoms with Crippen molar-refractivity contribution in [1.82, 2.24) is 35.2 Å². The van der Waals surface area contributed by atoms with Crippen LogP contribution in [0, 0.1) is 33.8 Å². The summed E-state index contributed by atoms with van der Waals surface area (Å²) in [6, 6.07) is 3.40. The number of piperidine rings is 1. The second kappa shape index (κ2) is 23.9. The van der Waals surface area contributed by atoms with Crippen molar-refractivity contribution in [2.45, 2.75) is 161 Å². The molecule has 20 heteroatoms. The molecule has 0 radical (unpaired) electrons. The highest BCUT2D eigenvalue weighted by atomic mass is 16.6. The first-order chi connectivity index (χ1) is 35.3. The summed E-state index contributed by atoms with van der Waals surface area (Å²) < 4.78 is 7.85. The normalized spacial score (nSPS) is 27.2. The fourth-order valence-electron chi connectivity index (χ4n) is 10.5. The Balaban J connectivity index is 1.51. The number of phenols is 1. The van der Waals surface area contributed by atoms with Gasteiger partial charge in [0.2, 0.25) is 35.4 Å². The molecule has 2 aromatic carbocycles. The summed E-state index contributed by atoms with van der Waals surface area (Å²) in [7, 11) is 2.84. The van der Waals surface area contributed by atoms with Crippen LogP contribution in [0.15, 0.2) is 60.8 Å². The molecule has 0 saturated carbocycles. The van der Waals surface area contributed by atoms with Gasteiger partial charge in [0, 0.05) is 61.9 Å². The number of aliphatic hydroxyl groups excluding tert-OH is 1. The van der Waals surface area contributed by atoms with Crippen molar-refractivity contribution in [2.24, 2.45) is 23.7 Å². The Morgan fingerprint density at radius 2 is 1.44 bits per heavy atom. The highest BCUT2D eigenvalue weighted by Crippen LogP contribution is 2.37. The molecular formula is C55H76N8O12. The van der Waals surface area contributed by atoms with Crippen LogP contribution in [0.3, 0.4) is 0 Å². The van der Waals surface area contributed by atoms with Crippen LogP contribution in [-0.4, -0.2) is 145 Å². The minimum Gasteiger partial charge on any atom is -0.502 e. The molecule has 3 saturated heterocycles. The van der Waals surface area contributed by atoms with Gasteiger partial charge in [-0.2, -0.15) is 0 Å². The number of nitro benzene ring substituents is 1. The van der Waals surface area contributed by atoms with E-state index in [2.05, 4.69) is 34.4 Å². The SMILES string of the molecule is C/C=C/C[C@@H]1NC(=O)[C@H](CC(C)C)N2C(=O)[C@H](C[C@@H](C)[C@H]2O)N(C)C(=O)[C@H](C)CC(=O)[C@H](Cc2ccc(O)c([N+](=O)[O-])c2)NC(=O)[C@H](CC(C)C)N(C)C(=O)[C@H](Cc2cn(C(C)(C)[C@H]3CO3)c3ccccc23)NC1=O. The molecule has 6 amide bonds. The number of carbonyl (C=O) groups is 7. The molecule has 0 spiro atoms. The summed E-state index contributed by atoms with van der Waals surface area (Å²) in [5.41, 5.74) is 0.615. The zero-order valence-corrected chi connectivity index (χ0v) is 45.1.